The molecule has 2 amide bonds. The number of anilines is 2. The van der Waals surface area contributed by atoms with E-state index in [1.165, 1.54) is 12.1 Å². The van der Waals surface area contributed by atoms with E-state index in [4.69, 9.17) is 11.6 Å². The lowest BCUT2D eigenvalue weighted by Gasteiger charge is -2.16. The molecular weight excluding hydrogens is 470 g/mol. The van der Waals surface area contributed by atoms with Crippen LogP contribution in [0.5, 0.6) is 0 Å². The Morgan fingerprint density at radius 2 is 1.76 bits per heavy atom. The Morgan fingerprint density at radius 1 is 1.03 bits per heavy atom. The molecule has 3 aromatic rings. The molecule has 0 aromatic heterocycles. The normalized spacial score (nSPS) is 12.0. The highest BCUT2D eigenvalue weighted by atomic mass is 35.5. The highest BCUT2D eigenvalue weighted by molar-refractivity contribution is 7.92. The minimum Gasteiger partial charge on any atom is -0.337 e. The highest BCUT2D eigenvalue weighted by Gasteiger charge is 2.18. The highest BCUT2D eigenvalue weighted by Crippen LogP contribution is 2.24. The average Bonchev–Trinajstić information content (AvgIpc) is 2.78. The summed E-state index contributed by atoms with van der Waals surface area (Å²) < 4.78 is 28.4. The maximum Gasteiger partial charge on any atom is 0.319 e. The predicted molar refractivity (Wildman–Crippen MR) is 140 cm³/mol. The molecule has 0 bridgehead atoms. The van der Waals surface area contributed by atoms with E-state index >= 15 is 0 Å². The van der Waals surface area contributed by atoms with Crippen molar-refractivity contribution in [2.45, 2.75) is 31.6 Å². The number of allylic oxidation sites excluding steroid dienone is 1. The fourth-order valence-corrected chi connectivity index (χ4v) is 4.89. The molecule has 0 aliphatic heterocycles. The molecule has 3 aromatic carbocycles. The first kappa shape index (κ1) is 25.3. The van der Waals surface area contributed by atoms with Gasteiger partial charge in [-0.2, -0.15) is 0 Å². The number of aryl methyl sites for hydroxylation is 1. The Hall–Kier alpha value is -3.29. The first-order valence-electron chi connectivity index (χ1n) is 10.7. The van der Waals surface area contributed by atoms with Crippen molar-refractivity contribution < 1.29 is 13.2 Å². The molecule has 1 atom stereocenters. The van der Waals surface area contributed by atoms with Crippen LogP contribution in [0, 0.1) is 6.92 Å². The van der Waals surface area contributed by atoms with Gasteiger partial charge in [-0.3, -0.25) is 4.72 Å². The van der Waals surface area contributed by atoms with Crippen LogP contribution in [0.3, 0.4) is 0 Å². The van der Waals surface area contributed by atoms with Gasteiger partial charge in [0.15, 0.2) is 0 Å². The largest absolute Gasteiger partial charge is 0.337 e. The van der Waals surface area contributed by atoms with Crippen molar-refractivity contribution in [2.75, 3.05) is 16.6 Å². The molecule has 0 aliphatic rings. The van der Waals surface area contributed by atoms with Crippen LogP contribution in [-0.4, -0.2) is 21.0 Å². The van der Waals surface area contributed by atoms with Gasteiger partial charge in [-0.25, -0.2) is 13.2 Å². The summed E-state index contributed by atoms with van der Waals surface area (Å²) in [7, 11) is -3.88. The Kier molecular flexibility index (Phi) is 8.02. The van der Waals surface area contributed by atoms with Gasteiger partial charge in [-0.15, -0.1) is 0 Å². The fraction of sp³-hybridized carbons (Fsp3) is 0.192. The number of benzene rings is 3. The number of halogens is 1. The van der Waals surface area contributed by atoms with Crippen molar-refractivity contribution in [3.05, 3.63) is 95.0 Å². The molecule has 3 rings (SSSR count). The third kappa shape index (κ3) is 6.62. The smallest absolute Gasteiger partial charge is 0.319 e. The Labute approximate surface area is 206 Å². The van der Waals surface area contributed by atoms with Crippen molar-refractivity contribution in [3.63, 3.8) is 0 Å². The predicted octanol–water partition coefficient (Wildman–Crippen LogP) is 6.41. The minimum absolute atomic E-state index is 0.0650. The number of hydrogen-bond donors (Lipinski definition) is 3. The topological polar surface area (TPSA) is 87.3 Å². The fourth-order valence-electron chi connectivity index (χ4n) is 3.38. The van der Waals surface area contributed by atoms with Crippen molar-refractivity contribution in [1.29, 1.82) is 0 Å². The molecule has 3 N–H and O–H groups in total. The van der Waals surface area contributed by atoms with Gasteiger partial charge in [0.05, 0.1) is 10.6 Å². The lowest BCUT2D eigenvalue weighted by atomic mass is 9.97. The van der Waals surface area contributed by atoms with E-state index in [-0.39, 0.29) is 10.8 Å². The molecule has 0 saturated carbocycles. The van der Waals surface area contributed by atoms with Crippen molar-refractivity contribution in [2.24, 2.45) is 0 Å². The van der Waals surface area contributed by atoms with Crippen molar-refractivity contribution in [1.82, 2.24) is 5.32 Å². The van der Waals surface area contributed by atoms with Gasteiger partial charge in [-0.05, 0) is 66.8 Å². The third-order valence-corrected chi connectivity index (χ3v) is 7.09. The molecule has 0 fully saturated rings. The second-order valence-corrected chi connectivity index (χ2v) is 10.3. The van der Waals surface area contributed by atoms with Gasteiger partial charge in [0.1, 0.15) is 0 Å². The SMILES string of the molecule is C=C(C)c1cccc(C(C)CNC(=O)Nc2ccc(C)c(S(=O)(=O)Nc3cccc(Cl)c3)c2)c1. The van der Waals surface area contributed by atoms with Crippen LogP contribution in [0.2, 0.25) is 5.02 Å². The minimum atomic E-state index is -3.88. The van der Waals surface area contributed by atoms with E-state index in [0.717, 1.165) is 16.7 Å². The van der Waals surface area contributed by atoms with Crippen LogP contribution in [0.25, 0.3) is 5.57 Å². The van der Waals surface area contributed by atoms with Crippen LogP contribution < -0.4 is 15.4 Å². The molecule has 0 radical (unpaired) electrons. The van der Waals surface area contributed by atoms with Crippen LogP contribution in [0.1, 0.15) is 36.5 Å². The summed E-state index contributed by atoms with van der Waals surface area (Å²) in [6.45, 7) is 10.1. The quantitative estimate of drug-likeness (QED) is 0.336. The summed E-state index contributed by atoms with van der Waals surface area (Å²) in [5.41, 5.74) is 4.41. The maximum absolute atomic E-state index is 12.9. The number of carbonyl (C=O) groups excluding carboxylic acids is 1. The van der Waals surface area contributed by atoms with E-state index in [9.17, 15) is 13.2 Å². The maximum atomic E-state index is 12.9. The Balaban J connectivity index is 1.67. The van der Waals surface area contributed by atoms with Crippen LogP contribution in [0.4, 0.5) is 16.2 Å². The summed E-state index contributed by atoms with van der Waals surface area (Å²) >= 11 is 5.95. The van der Waals surface area contributed by atoms with E-state index < -0.39 is 16.1 Å². The number of rotatable bonds is 8. The van der Waals surface area contributed by atoms with Crippen molar-refractivity contribution in [3.8, 4) is 0 Å². The number of nitrogens with one attached hydrogen (secondary N) is 3. The molecule has 6 nitrogen and oxygen atoms in total. The number of hydrogen-bond acceptors (Lipinski definition) is 3. The standard InChI is InChI=1S/C26H28ClN3O3S/c1-17(2)20-7-5-8-21(13-20)19(4)16-28-26(31)29-23-12-11-18(3)25(15-23)34(32,33)30-24-10-6-9-22(27)14-24/h5-15,19,30H,1,16H2,2-4H3,(H2,28,29,31). The van der Waals surface area contributed by atoms with Gasteiger partial charge in [0, 0.05) is 17.3 Å². The van der Waals surface area contributed by atoms with E-state index in [0.29, 0.717) is 28.5 Å². The average molecular weight is 498 g/mol. The molecule has 0 saturated heterocycles. The first-order valence-corrected chi connectivity index (χ1v) is 12.6. The molecule has 0 aliphatic carbocycles. The van der Waals surface area contributed by atoms with Gasteiger partial charge < -0.3 is 10.6 Å². The summed E-state index contributed by atoms with van der Waals surface area (Å²) in [5.74, 6) is 0.0842. The summed E-state index contributed by atoms with van der Waals surface area (Å²) in [4.78, 5) is 12.5. The second-order valence-electron chi connectivity index (χ2n) is 8.24. The summed E-state index contributed by atoms with van der Waals surface area (Å²) in [6, 6.07) is 18.8. The number of sulfonamides is 1. The van der Waals surface area contributed by atoms with E-state index in [1.807, 2.05) is 32.0 Å². The van der Waals surface area contributed by atoms with E-state index in [2.05, 4.69) is 28.0 Å². The number of amides is 2. The Bertz CT molecular complexity index is 1320. The number of carbonyl (C=O) groups is 1. The molecule has 1 unspecified atom stereocenters. The zero-order valence-electron chi connectivity index (χ0n) is 19.4. The van der Waals surface area contributed by atoms with Gasteiger partial charge in [0.25, 0.3) is 10.0 Å². The van der Waals surface area contributed by atoms with Crippen molar-refractivity contribution >= 4 is 44.6 Å². The molecule has 8 heteroatoms. The van der Waals surface area contributed by atoms with Crippen LogP contribution >= 0.6 is 11.6 Å². The molecule has 0 spiro atoms. The molecule has 34 heavy (non-hydrogen) atoms. The zero-order chi connectivity index (χ0) is 24.9. The first-order chi connectivity index (χ1) is 16.0. The number of urea groups is 1. The summed E-state index contributed by atoms with van der Waals surface area (Å²) in [6.07, 6.45) is 0. The zero-order valence-corrected chi connectivity index (χ0v) is 20.9. The summed E-state index contributed by atoms with van der Waals surface area (Å²) in [5, 5.41) is 5.98. The van der Waals surface area contributed by atoms with Gasteiger partial charge in [-0.1, -0.05) is 67.1 Å². The third-order valence-electron chi connectivity index (χ3n) is 5.33. The molecular formula is C26H28ClN3O3S. The monoisotopic (exact) mass is 497 g/mol. The Morgan fingerprint density at radius 3 is 2.47 bits per heavy atom. The molecule has 178 valence electrons. The lowest BCUT2D eigenvalue weighted by molar-refractivity contribution is 0.251. The van der Waals surface area contributed by atoms with Gasteiger partial charge in [0.2, 0.25) is 0 Å². The van der Waals surface area contributed by atoms with Gasteiger partial charge >= 0.3 is 6.03 Å². The van der Waals surface area contributed by atoms with E-state index in [1.54, 1.807) is 37.3 Å². The van der Waals surface area contributed by atoms with Crippen LogP contribution in [0.15, 0.2) is 78.2 Å². The molecule has 0 heterocycles. The van der Waals surface area contributed by atoms with Crippen LogP contribution in [-0.2, 0) is 10.0 Å². The second kappa shape index (κ2) is 10.8. The lowest BCUT2D eigenvalue weighted by Crippen LogP contribution is -2.31.